The Labute approximate surface area is 153 Å². The number of nitrogens with zero attached hydrogens (tertiary/aromatic N) is 2. The van der Waals surface area contributed by atoms with Crippen molar-refractivity contribution in [2.45, 2.75) is 13.3 Å². The van der Waals surface area contributed by atoms with E-state index in [4.69, 9.17) is 9.84 Å². The first-order valence-corrected chi connectivity index (χ1v) is 8.69. The van der Waals surface area contributed by atoms with Gasteiger partial charge in [0.15, 0.2) is 0 Å². The Kier molecular flexibility index (Phi) is 5.81. The zero-order chi connectivity index (χ0) is 18.4. The number of carbonyl (C=O) groups excluding carboxylic acids is 1. The van der Waals surface area contributed by atoms with E-state index >= 15 is 0 Å². The number of amides is 1. The van der Waals surface area contributed by atoms with Crippen LogP contribution in [0.2, 0.25) is 0 Å². The Balaban J connectivity index is 1.97. The highest BCUT2D eigenvalue weighted by Gasteiger charge is 2.19. The van der Waals surface area contributed by atoms with Gasteiger partial charge in [0, 0.05) is 32.0 Å². The molecule has 0 unspecified atom stereocenters. The Hall–Kier alpha value is -2.92. The number of hydrogen-bond acceptors (Lipinski definition) is 3. The van der Waals surface area contributed by atoms with E-state index in [0.29, 0.717) is 24.4 Å². The number of hydrogen-bond donors (Lipinski definition) is 1. The normalized spacial score (nSPS) is 10.7. The number of nitrogens with one attached hydrogen (secondary N) is 1. The van der Waals surface area contributed by atoms with Crippen LogP contribution >= 0.6 is 0 Å². The number of aromatic nitrogens is 2. The highest BCUT2D eigenvalue weighted by atomic mass is 16.5. The molecule has 0 aliphatic carbocycles. The summed E-state index contributed by atoms with van der Waals surface area (Å²) in [4.78, 5) is 12.8. The van der Waals surface area contributed by atoms with Crippen molar-refractivity contribution in [3.05, 3.63) is 71.9 Å². The molecule has 0 atom stereocenters. The van der Waals surface area contributed by atoms with Crippen molar-refractivity contribution in [2.24, 2.45) is 0 Å². The fourth-order valence-corrected chi connectivity index (χ4v) is 2.80. The topological polar surface area (TPSA) is 56.1 Å². The molecule has 0 bridgehead atoms. The Morgan fingerprint density at radius 2 is 1.85 bits per heavy atom. The smallest absolute Gasteiger partial charge is 0.255 e. The molecule has 26 heavy (non-hydrogen) atoms. The number of benzene rings is 2. The molecule has 1 aromatic heterocycles. The fraction of sp³-hybridized carbons (Fsp3) is 0.238. The molecule has 0 fully saturated rings. The second kappa shape index (κ2) is 8.45. The molecule has 1 amide bonds. The lowest BCUT2D eigenvalue weighted by atomic mass is 10.0. The van der Waals surface area contributed by atoms with Crippen molar-refractivity contribution in [1.82, 2.24) is 15.1 Å². The van der Waals surface area contributed by atoms with Gasteiger partial charge in [0.2, 0.25) is 0 Å². The van der Waals surface area contributed by atoms with E-state index in [1.54, 1.807) is 18.0 Å². The van der Waals surface area contributed by atoms with Gasteiger partial charge in [0.1, 0.15) is 5.69 Å². The maximum atomic E-state index is 12.8. The largest absolute Gasteiger partial charge is 0.385 e. The van der Waals surface area contributed by atoms with Crippen LogP contribution in [0.25, 0.3) is 16.9 Å². The molecular formula is C21H23N3O2. The summed E-state index contributed by atoms with van der Waals surface area (Å²) >= 11 is 0. The van der Waals surface area contributed by atoms with E-state index < -0.39 is 0 Å². The maximum Gasteiger partial charge on any atom is 0.255 e. The van der Waals surface area contributed by atoms with E-state index in [9.17, 15) is 4.79 Å². The quantitative estimate of drug-likeness (QED) is 0.663. The van der Waals surface area contributed by atoms with Crippen molar-refractivity contribution >= 4 is 5.91 Å². The summed E-state index contributed by atoms with van der Waals surface area (Å²) in [5, 5.41) is 7.66. The van der Waals surface area contributed by atoms with Crippen molar-refractivity contribution in [3.8, 4) is 16.9 Å². The van der Waals surface area contributed by atoms with Gasteiger partial charge < -0.3 is 10.1 Å². The predicted molar refractivity (Wildman–Crippen MR) is 103 cm³/mol. The number of aryl methyl sites for hydroxylation is 1. The van der Waals surface area contributed by atoms with Gasteiger partial charge >= 0.3 is 0 Å². The second-order valence-electron chi connectivity index (χ2n) is 6.09. The third-order valence-electron chi connectivity index (χ3n) is 4.19. The standard InChI is InChI=1S/C21H23N3O2/c1-16-9-6-7-12-18(16)20-19(21(25)22-13-8-14-26-2)15-24(23-20)17-10-4-3-5-11-17/h3-7,9-12,15H,8,13-14H2,1-2H3,(H,22,25). The molecule has 3 rings (SSSR count). The van der Waals surface area contributed by atoms with E-state index in [0.717, 1.165) is 23.2 Å². The monoisotopic (exact) mass is 349 g/mol. The molecule has 1 heterocycles. The summed E-state index contributed by atoms with van der Waals surface area (Å²) in [6.45, 7) is 3.21. The minimum Gasteiger partial charge on any atom is -0.385 e. The Bertz CT molecular complexity index is 872. The lowest BCUT2D eigenvalue weighted by molar-refractivity contribution is 0.0949. The minimum atomic E-state index is -0.124. The van der Waals surface area contributed by atoms with Gasteiger partial charge in [-0.25, -0.2) is 4.68 Å². The van der Waals surface area contributed by atoms with Crippen LogP contribution in [0.5, 0.6) is 0 Å². The molecule has 2 aromatic carbocycles. The van der Waals surface area contributed by atoms with Crippen molar-refractivity contribution in [3.63, 3.8) is 0 Å². The molecule has 0 saturated heterocycles. The van der Waals surface area contributed by atoms with Gasteiger partial charge in [0.25, 0.3) is 5.91 Å². The van der Waals surface area contributed by atoms with Gasteiger partial charge in [-0.2, -0.15) is 5.10 Å². The van der Waals surface area contributed by atoms with E-state index in [-0.39, 0.29) is 5.91 Å². The van der Waals surface area contributed by atoms with Gasteiger partial charge in [-0.1, -0.05) is 42.5 Å². The Morgan fingerprint density at radius 3 is 2.58 bits per heavy atom. The molecule has 0 saturated carbocycles. The number of para-hydroxylation sites is 1. The highest BCUT2D eigenvalue weighted by Crippen LogP contribution is 2.26. The highest BCUT2D eigenvalue weighted by molar-refractivity contribution is 6.00. The SMILES string of the molecule is COCCCNC(=O)c1cn(-c2ccccc2)nc1-c1ccccc1C. The molecular weight excluding hydrogens is 326 g/mol. The molecule has 3 aromatic rings. The van der Waals surface area contributed by atoms with Gasteiger partial charge in [-0.15, -0.1) is 0 Å². The van der Waals surface area contributed by atoms with Crippen molar-refractivity contribution in [1.29, 1.82) is 0 Å². The summed E-state index contributed by atoms with van der Waals surface area (Å²) in [5.41, 5.74) is 4.22. The van der Waals surface area contributed by atoms with Gasteiger partial charge in [-0.3, -0.25) is 4.79 Å². The van der Waals surface area contributed by atoms with Crippen LogP contribution in [0.3, 0.4) is 0 Å². The van der Waals surface area contributed by atoms with Crippen LogP contribution in [-0.4, -0.2) is 35.9 Å². The van der Waals surface area contributed by atoms with Crippen LogP contribution in [0.15, 0.2) is 60.8 Å². The molecule has 134 valence electrons. The predicted octanol–water partition coefficient (Wildman–Crippen LogP) is 3.61. The first-order valence-electron chi connectivity index (χ1n) is 8.69. The summed E-state index contributed by atoms with van der Waals surface area (Å²) < 4.78 is 6.79. The average molecular weight is 349 g/mol. The van der Waals surface area contributed by atoms with E-state index in [2.05, 4.69) is 5.32 Å². The van der Waals surface area contributed by atoms with Crippen molar-refractivity contribution < 1.29 is 9.53 Å². The molecule has 1 N–H and O–H groups in total. The van der Waals surface area contributed by atoms with Gasteiger partial charge in [0.05, 0.1) is 11.3 Å². The van der Waals surface area contributed by atoms with Gasteiger partial charge in [-0.05, 0) is 31.0 Å². The number of carbonyl (C=O) groups is 1. The molecule has 0 spiro atoms. The Morgan fingerprint density at radius 1 is 1.12 bits per heavy atom. The first-order chi connectivity index (χ1) is 12.7. The summed E-state index contributed by atoms with van der Waals surface area (Å²) in [6.07, 6.45) is 2.57. The lowest BCUT2D eigenvalue weighted by Crippen LogP contribution is -2.25. The molecule has 5 heteroatoms. The van der Waals surface area contributed by atoms with E-state index in [1.165, 1.54) is 0 Å². The average Bonchev–Trinajstić information content (AvgIpc) is 3.11. The number of ether oxygens (including phenoxy) is 1. The summed E-state index contributed by atoms with van der Waals surface area (Å²) in [7, 11) is 1.65. The second-order valence-corrected chi connectivity index (χ2v) is 6.09. The number of methoxy groups -OCH3 is 1. The third-order valence-corrected chi connectivity index (χ3v) is 4.19. The third kappa shape index (κ3) is 4.00. The fourth-order valence-electron chi connectivity index (χ4n) is 2.80. The van der Waals surface area contributed by atoms with Crippen LogP contribution in [0.1, 0.15) is 22.3 Å². The van der Waals surface area contributed by atoms with Crippen LogP contribution < -0.4 is 5.32 Å². The van der Waals surface area contributed by atoms with Crippen LogP contribution in [-0.2, 0) is 4.74 Å². The molecule has 0 radical (unpaired) electrons. The molecule has 5 nitrogen and oxygen atoms in total. The zero-order valence-electron chi connectivity index (χ0n) is 15.1. The molecule has 0 aliphatic rings. The van der Waals surface area contributed by atoms with Crippen LogP contribution in [0, 0.1) is 6.92 Å². The maximum absolute atomic E-state index is 12.8. The zero-order valence-corrected chi connectivity index (χ0v) is 15.1. The summed E-state index contributed by atoms with van der Waals surface area (Å²) in [6, 6.07) is 17.8. The van der Waals surface area contributed by atoms with E-state index in [1.807, 2.05) is 61.5 Å². The number of rotatable bonds is 7. The first kappa shape index (κ1) is 17.9. The van der Waals surface area contributed by atoms with Crippen LogP contribution in [0.4, 0.5) is 0 Å². The summed E-state index contributed by atoms with van der Waals surface area (Å²) in [5.74, 6) is -0.124. The molecule has 0 aliphatic heterocycles. The lowest BCUT2D eigenvalue weighted by Gasteiger charge is -2.07. The van der Waals surface area contributed by atoms with Crippen molar-refractivity contribution in [2.75, 3.05) is 20.3 Å². The minimum absolute atomic E-state index is 0.124.